The molecule has 3 aromatic rings. The van der Waals surface area contributed by atoms with Crippen molar-refractivity contribution in [1.82, 2.24) is 5.32 Å². The van der Waals surface area contributed by atoms with Crippen LogP contribution in [0.3, 0.4) is 0 Å². The van der Waals surface area contributed by atoms with Gasteiger partial charge in [0.1, 0.15) is 12.4 Å². The van der Waals surface area contributed by atoms with E-state index in [0.717, 1.165) is 26.9 Å². The fraction of sp³-hybridized carbons (Fsp3) is 0.217. The van der Waals surface area contributed by atoms with Crippen molar-refractivity contribution in [3.05, 3.63) is 86.8 Å². The highest BCUT2D eigenvalue weighted by atomic mass is 79.9. The normalized spacial score (nSPS) is 10.6. The molecule has 0 heterocycles. The largest absolute Gasteiger partial charge is 0.496 e. The van der Waals surface area contributed by atoms with Crippen molar-refractivity contribution in [2.75, 3.05) is 14.2 Å². The molecule has 0 aliphatic rings. The van der Waals surface area contributed by atoms with Crippen LogP contribution in [0.4, 0.5) is 0 Å². The van der Waals surface area contributed by atoms with Crippen LogP contribution in [0, 0.1) is 0 Å². The van der Waals surface area contributed by atoms with Crippen LogP contribution in [-0.2, 0) is 19.7 Å². The second-order valence-corrected chi connectivity index (χ2v) is 7.68. The summed E-state index contributed by atoms with van der Waals surface area (Å²) in [5.74, 6) is 2.27. The van der Waals surface area contributed by atoms with Crippen molar-refractivity contribution < 1.29 is 14.2 Å². The highest BCUT2D eigenvalue weighted by molar-refractivity contribution is 9.10. The van der Waals surface area contributed by atoms with Gasteiger partial charge in [-0.3, -0.25) is 0 Å². The quantitative estimate of drug-likeness (QED) is 0.412. The minimum absolute atomic E-state index is 0.420. The Hall–Kier alpha value is -2.21. The Bertz CT molecular complexity index is 947. The molecular weight excluding hydrogens is 454 g/mol. The van der Waals surface area contributed by atoms with Crippen molar-refractivity contribution in [3.8, 4) is 17.2 Å². The van der Waals surface area contributed by atoms with E-state index in [0.29, 0.717) is 36.2 Å². The molecule has 3 rings (SSSR count). The van der Waals surface area contributed by atoms with Gasteiger partial charge in [0.25, 0.3) is 0 Å². The number of para-hydroxylation sites is 1. The zero-order chi connectivity index (χ0) is 20.6. The average molecular weight is 477 g/mol. The smallest absolute Gasteiger partial charge is 0.167 e. The van der Waals surface area contributed by atoms with Crippen LogP contribution in [0.5, 0.6) is 17.2 Å². The first-order valence-corrected chi connectivity index (χ1v) is 10.3. The second kappa shape index (κ2) is 10.5. The number of ether oxygens (including phenoxy) is 3. The Morgan fingerprint density at radius 1 is 0.862 bits per heavy atom. The summed E-state index contributed by atoms with van der Waals surface area (Å²) in [7, 11) is 3.32. The van der Waals surface area contributed by atoms with Crippen molar-refractivity contribution in [1.29, 1.82) is 0 Å². The number of hydrogen-bond acceptors (Lipinski definition) is 4. The summed E-state index contributed by atoms with van der Waals surface area (Å²) in [6.45, 7) is 1.69. The molecule has 0 atom stereocenters. The van der Waals surface area contributed by atoms with Gasteiger partial charge in [0.05, 0.1) is 14.2 Å². The van der Waals surface area contributed by atoms with E-state index in [1.165, 1.54) is 0 Å². The first-order chi connectivity index (χ1) is 14.1. The fourth-order valence-electron chi connectivity index (χ4n) is 2.97. The third-order valence-corrected chi connectivity index (χ3v) is 5.49. The van der Waals surface area contributed by atoms with Crippen molar-refractivity contribution >= 4 is 27.5 Å². The van der Waals surface area contributed by atoms with Gasteiger partial charge in [-0.25, -0.2) is 0 Å². The zero-order valence-corrected chi connectivity index (χ0v) is 18.7. The fourth-order valence-corrected chi connectivity index (χ4v) is 3.55. The van der Waals surface area contributed by atoms with Gasteiger partial charge >= 0.3 is 0 Å². The second-order valence-electron chi connectivity index (χ2n) is 6.39. The minimum atomic E-state index is 0.420. The minimum Gasteiger partial charge on any atom is -0.496 e. The Labute approximate surface area is 184 Å². The third-order valence-electron chi connectivity index (χ3n) is 4.49. The molecule has 4 nitrogen and oxygen atoms in total. The van der Waals surface area contributed by atoms with Gasteiger partial charge in [0.2, 0.25) is 0 Å². The van der Waals surface area contributed by atoms with Crippen molar-refractivity contribution in [3.63, 3.8) is 0 Å². The van der Waals surface area contributed by atoms with Gasteiger partial charge in [-0.15, -0.1) is 0 Å². The van der Waals surface area contributed by atoms with E-state index in [1.54, 1.807) is 14.2 Å². The van der Waals surface area contributed by atoms with Gasteiger partial charge in [-0.1, -0.05) is 57.9 Å². The lowest BCUT2D eigenvalue weighted by molar-refractivity contribution is 0.280. The van der Waals surface area contributed by atoms with E-state index in [2.05, 4.69) is 21.2 Å². The molecule has 0 saturated heterocycles. The molecule has 1 N–H and O–H groups in total. The van der Waals surface area contributed by atoms with Gasteiger partial charge in [0.15, 0.2) is 11.5 Å². The van der Waals surface area contributed by atoms with Gasteiger partial charge in [-0.05, 0) is 35.9 Å². The molecular formula is C23H23BrClNO3. The average Bonchev–Trinajstić information content (AvgIpc) is 2.75. The van der Waals surface area contributed by atoms with Crippen LogP contribution in [-0.4, -0.2) is 14.2 Å². The zero-order valence-electron chi connectivity index (χ0n) is 16.4. The van der Waals surface area contributed by atoms with Crippen LogP contribution < -0.4 is 19.5 Å². The molecule has 0 aromatic heterocycles. The Balaban J connectivity index is 1.75. The van der Waals surface area contributed by atoms with E-state index >= 15 is 0 Å². The summed E-state index contributed by atoms with van der Waals surface area (Å²) >= 11 is 9.61. The standard InChI is InChI=1S/C23H23BrClNO3/c1-27-21-6-4-3-5-17(21)13-26-14-19-20(24)11-12-22(28-2)23(19)29-15-16-7-9-18(25)10-8-16/h3-12,26H,13-15H2,1-2H3. The summed E-state index contributed by atoms with van der Waals surface area (Å²) in [5.41, 5.74) is 3.12. The molecule has 0 spiro atoms. The van der Waals surface area contributed by atoms with Gasteiger partial charge in [0, 0.05) is 33.7 Å². The Morgan fingerprint density at radius 2 is 1.59 bits per heavy atom. The maximum absolute atomic E-state index is 6.15. The summed E-state index contributed by atoms with van der Waals surface area (Å²) in [6.07, 6.45) is 0. The predicted molar refractivity (Wildman–Crippen MR) is 120 cm³/mol. The lowest BCUT2D eigenvalue weighted by Crippen LogP contribution is -2.15. The number of halogens is 2. The molecule has 152 valence electrons. The molecule has 0 aliphatic heterocycles. The molecule has 0 radical (unpaired) electrons. The van der Waals surface area contributed by atoms with Crippen LogP contribution in [0.15, 0.2) is 65.1 Å². The molecule has 0 unspecified atom stereocenters. The molecule has 6 heteroatoms. The summed E-state index contributed by atoms with van der Waals surface area (Å²) in [6, 6.07) is 19.4. The lowest BCUT2D eigenvalue weighted by Gasteiger charge is -2.17. The van der Waals surface area contributed by atoms with E-state index in [-0.39, 0.29) is 0 Å². The first kappa shape index (κ1) is 21.5. The van der Waals surface area contributed by atoms with Crippen LogP contribution in [0.2, 0.25) is 5.02 Å². The molecule has 0 aliphatic carbocycles. The van der Waals surface area contributed by atoms with Crippen LogP contribution >= 0.6 is 27.5 Å². The molecule has 29 heavy (non-hydrogen) atoms. The van der Waals surface area contributed by atoms with E-state index in [4.69, 9.17) is 25.8 Å². The lowest BCUT2D eigenvalue weighted by atomic mass is 10.1. The van der Waals surface area contributed by atoms with Crippen molar-refractivity contribution in [2.24, 2.45) is 0 Å². The van der Waals surface area contributed by atoms with E-state index < -0.39 is 0 Å². The first-order valence-electron chi connectivity index (χ1n) is 9.17. The Kier molecular flexibility index (Phi) is 7.81. The predicted octanol–water partition coefficient (Wildman–Crippen LogP) is 5.99. The number of methoxy groups -OCH3 is 2. The Morgan fingerprint density at radius 3 is 2.31 bits per heavy atom. The maximum Gasteiger partial charge on any atom is 0.167 e. The molecule has 0 fully saturated rings. The van der Waals surface area contributed by atoms with E-state index in [9.17, 15) is 0 Å². The third kappa shape index (κ3) is 5.66. The topological polar surface area (TPSA) is 39.7 Å². The summed E-state index contributed by atoms with van der Waals surface area (Å²) in [5, 5.41) is 4.17. The number of nitrogens with one attached hydrogen (secondary N) is 1. The number of hydrogen-bond donors (Lipinski definition) is 1. The van der Waals surface area contributed by atoms with Gasteiger partial charge < -0.3 is 19.5 Å². The number of benzene rings is 3. The number of rotatable bonds is 9. The van der Waals surface area contributed by atoms with Gasteiger partial charge in [-0.2, -0.15) is 0 Å². The highest BCUT2D eigenvalue weighted by Crippen LogP contribution is 2.37. The monoisotopic (exact) mass is 475 g/mol. The summed E-state index contributed by atoms with van der Waals surface area (Å²) in [4.78, 5) is 0. The molecule has 0 bridgehead atoms. The SMILES string of the molecule is COc1ccccc1CNCc1c(Br)ccc(OC)c1OCc1ccc(Cl)cc1. The van der Waals surface area contributed by atoms with E-state index in [1.807, 2.05) is 60.7 Å². The van der Waals surface area contributed by atoms with Crippen molar-refractivity contribution in [2.45, 2.75) is 19.7 Å². The molecule has 3 aromatic carbocycles. The molecule has 0 saturated carbocycles. The van der Waals surface area contributed by atoms with Crippen LogP contribution in [0.25, 0.3) is 0 Å². The van der Waals surface area contributed by atoms with Crippen LogP contribution in [0.1, 0.15) is 16.7 Å². The maximum atomic E-state index is 6.15. The highest BCUT2D eigenvalue weighted by Gasteiger charge is 2.15. The molecule has 0 amide bonds. The summed E-state index contributed by atoms with van der Waals surface area (Å²) < 4.78 is 18.1.